The van der Waals surface area contributed by atoms with Crippen LogP contribution in [0.2, 0.25) is 0 Å². The fraction of sp³-hybridized carbons (Fsp3) is 0.450. The molecule has 5 nitrogen and oxygen atoms in total. The smallest absolute Gasteiger partial charge is 0.191 e. The number of aliphatic imine (C=N–C) groups is 1. The van der Waals surface area contributed by atoms with Gasteiger partial charge in [0.25, 0.3) is 0 Å². The molecule has 0 fully saturated rings. The molecule has 1 aromatic carbocycles. The lowest BCUT2D eigenvalue weighted by atomic mass is 10.1. The number of ether oxygens (including phenoxy) is 2. The van der Waals surface area contributed by atoms with Gasteiger partial charge in [0.05, 0.1) is 20.3 Å². The van der Waals surface area contributed by atoms with Crippen molar-refractivity contribution in [1.29, 1.82) is 0 Å². The number of benzene rings is 1. The Kier molecular flexibility index (Phi) is 9.00. The molecule has 0 aliphatic rings. The normalized spacial score (nSPS) is 12.7. The molecule has 0 radical (unpaired) electrons. The van der Waals surface area contributed by atoms with Crippen molar-refractivity contribution < 1.29 is 9.47 Å². The molecule has 1 unspecified atom stereocenters. The Balaban J connectivity index is 1.73. The van der Waals surface area contributed by atoms with Crippen molar-refractivity contribution in [2.45, 2.75) is 26.4 Å². The van der Waals surface area contributed by atoms with E-state index in [0.717, 1.165) is 30.4 Å². The van der Waals surface area contributed by atoms with Crippen LogP contribution in [0.1, 0.15) is 30.9 Å². The van der Waals surface area contributed by atoms with E-state index < -0.39 is 0 Å². The van der Waals surface area contributed by atoms with E-state index in [9.17, 15) is 0 Å². The van der Waals surface area contributed by atoms with Gasteiger partial charge in [0.2, 0.25) is 0 Å². The second-order valence-electron chi connectivity index (χ2n) is 5.97. The summed E-state index contributed by atoms with van der Waals surface area (Å²) in [5.74, 6) is 2.10. The van der Waals surface area contributed by atoms with Crippen LogP contribution in [0.3, 0.4) is 0 Å². The number of thiophene rings is 1. The van der Waals surface area contributed by atoms with Crippen LogP contribution >= 0.6 is 11.3 Å². The maximum Gasteiger partial charge on any atom is 0.191 e. The summed E-state index contributed by atoms with van der Waals surface area (Å²) >= 11 is 1.73. The monoisotopic (exact) mass is 375 g/mol. The van der Waals surface area contributed by atoms with Crippen molar-refractivity contribution in [3.05, 3.63) is 52.2 Å². The number of para-hydroxylation sites is 1. The molecule has 26 heavy (non-hydrogen) atoms. The van der Waals surface area contributed by atoms with Crippen molar-refractivity contribution in [2.24, 2.45) is 4.99 Å². The maximum absolute atomic E-state index is 5.75. The SMILES string of the molecule is CCNC(=NCC(C)c1ccsc1)NCCOCc1ccccc1OC. The van der Waals surface area contributed by atoms with Crippen molar-refractivity contribution in [2.75, 3.05) is 33.4 Å². The molecule has 0 aliphatic heterocycles. The third kappa shape index (κ3) is 6.69. The first kappa shape index (κ1) is 20.3. The van der Waals surface area contributed by atoms with E-state index in [-0.39, 0.29) is 0 Å². The number of hydrogen-bond acceptors (Lipinski definition) is 4. The molecule has 0 bridgehead atoms. The highest BCUT2D eigenvalue weighted by Crippen LogP contribution is 2.18. The van der Waals surface area contributed by atoms with Gasteiger partial charge in [-0.05, 0) is 35.4 Å². The van der Waals surface area contributed by atoms with Gasteiger partial charge in [-0.25, -0.2) is 0 Å². The first-order chi connectivity index (χ1) is 12.7. The van der Waals surface area contributed by atoms with Crippen LogP contribution in [0.25, 0.3) is 0 Å². The third-order valence-electron chi connectivity index (χ3n) is 3.97. The lowest BCUT2D eigenvalue weighted by Gasteiger charge is -2.13. The molecular formula is C20H29N3O2S. The van der Waals surface area contributed by atoms with Gasteiger partial charge < -0.3 is 20.1 Å². The minimum absolute atomic E-state index is 0.415. The zero-order valence-corrected chi connectivity index (χ0v) is 16.6. The first-order valence-corrected chi connectivity index (χ1v) is 9.92. The molecule has 1 aromatic heterocycles. The number of hydrogen-bond donors (Lipinski definition) is 2. The Labute approximate surface area is 160 Å². The summed E-state index contributed by atoms with van der Waals surface area (Å²) in [6, 6.07) is 10.1. The molecule has 2 rings (SSSR count). The topological polar surface area (TPSA) is 54.9 Å². The molecule has 6 heteroatoms. The highest BCUT2D eigenvalue weighted by molar-refractivity contribution is 7.07. The lowest BCUT2D eigenvalue weighted by Crippen LogP contribution is -2.39. The molecule has 142 valence electrons. The van der Waals surface area contributed by atoms with Crippen LogP contribution in [0.5, 0.6) is 5.75 Å². The number of rotatable bonds is 10. The Morgan fingerprint density at radius 3 is 2.81 bits per heavy atom. The zero-order chi connectivity index (χ0) is 18.6. The minimum Gasteiger partial charge on any atom is -0.496 e. The van der Waals surface area contributed by atoms with Gasteiger partial charge in [0, 0.05) is 31.1 Å². The van der Waals surface area contributed by atoms with Crippen LogP contribution in [-0.2, 0) is 11.3 Å². The summed E-state index contributed by atoms with van der Waals surface area (Å²) in [5.41, 5.74) is 2.40. The van der Waals surface area contributed by atoms with Gasteiger partial charge in [-0.15, -0.1) is 0 Å². The highest BCUT2D eigenvalue weighted by Gasteiger charge is 2.06. The second-order valence-corrected chi connectivity index (χ2v) is 6.75. The van der Waals surface area contributed by atoms with E-state index in [0.29, 0.717) is 25.7 Å². The van der Waals surface area contributed by atoms with Gasteiger partial charge in [-0.1, -0.05) is 25.1 Å². The van der Waals surface area contributed by atoms with Gasteiger partial charge in [0.15, 0.2) is 5.96 Å². The van der Waals surface area contributed by atoms with E-state index in [1.54, 1.807) is 18.4 Å². The Hall–Kier alpha value is -2.05. The minimum atomic E-state index is 0.415. The van der Waals surface area contributed by atoms with Crippen LogP contribution in [0, 0.1) is 0 Å². The molecule has 1 atom stereocenters. The van der Waals surface area contributed by atoms with Crippen molar-refractivity contribution in [3.63, 3.8) is 0 Å². The van der Waals surface area contributed by atoms with Crippen LogP contribution < -0.4 is 15.4 Å². The summed E-state index contributed by atoms with van der Waals surface area (Å²) in [5, 5.41) is 10.9. The Bertz CT molecular complexity index is 659. The Morgan fingerprint density at radius 1 is 1.23 bits per heavy atom. The number of methoxy groups -OCH3 is 1. The van der Waals surface area contributed by atoms with E-state index in [2.05, 4.69) is 46.3 Å². The second kappa shape index (κ2) is 11.5. The molecule has 1 heterocycles. The maximum atomic E-state index is 5.75. The molecular weight excluding hydrogens is 346 g/mol. The molecule has 0 spiro atoms. The molecule has 2 N–H and O–H groups in total. The largest absolute Gasteiger partial charge is 0.496 e. The van der Waals surface area contributed by atoms with Crippen molar-refractivity contribution in [1.82, 2.24) is 10.6 Å². The Morgan fingerprint density at radius 2 is 2.08 bits per heavy atom. The summed E-state index contributed by atoms with van der Waals surface area (Å²) in [4.78, 5) is 4.68. The van der Waals surface area contributed by atoms with Gasteiger partial charge in [-0.2, -0.15) is 11.3 Å². The van der Waals surface area contributed by atoms with E-state index in [1.165, 1.54) is 5.56 Å². The fourth-order valence-electron chi connectivity index (χ4n) is 2.48. The highest BCUT2D eigenvalue weighted by atomic mass is 32.1. The molecule has 0 saturated carbocycles. The number of guanidine groups is 1. The van der Waals surface area contributed by atoms with E-state index in [4.69, 9.17) is 9.47 Å². The molecule has 0 aliphatic carbocycles. The van der Waals surface area contributed by atoms with Crippen LogP contribution in [0.15, 0.2) is 46.1 Å². The molecule has 2 aromatic rings. The predicted octanol–water partition coefficient (Wildman–Crippen LogP) is 3.63. The average molecular weight is 376 g/mol. The molecule has 0 amide bonds. The zero-order valence-electron chi connectivity index (χ0n) is 15.8. The van der Waals surface area contributed by atoms with Crippen LogP contribution in [0.4, 0.5) is 0 Å². The lowest BCUT2D eigenvalue weighted by molar-refractivity contribution is 0.123. The van der Waals surface area contributed by atoms with Crippen LogP contribution in [-0.4, -0.2) is 39.3 Å². The quantitative estimate of drug-likeness (QED) is 0.378. The van der Waals surface area contributed by atoms with Crippen molar-refractivity contribution >= 4 is 17.3 Å². The fourth-order valence-corrected chi connectivity index (χ4v) is 3.26. The molecule has 0 saturated heterocycles. The predicted molar refractivity (Wildman–Crippen MR) is 109 cm³/mol. The first-order valence-electron chi connectivity index (χ1n) is 8.98. The van der Waals surface area contributed by atoms with Gasteiger partial charge in [0.1, 0.15) is 5.75 Å². The summed E-state index contributed by atoms with van der Waals surface area (Å²) < 4.78 is 11.1. The number of nitrogens with one attached hydrogen (secondary N) is 2. The summed E-state index contributed by atoms with van der Waals surface area (Å²) in [6.45, 7) is 7.70. The summed E-state index contributed by atoms with van der Waals surface area (Å²) in [7, 11) is 1.68. The van der Waals surface area contributed by atoms with E-state index in [1.807, 2.05) is 24.3 Å². The third-order valence-corrected chi connectivity index (χ3v) is 4.67. The average Bonchev–Trinajstić information content (AvgIpc) is 3.20. The van der Waals surface area contributed by atoms with Gasteiger partial charge >= 0.3 is 0 Å². The standard InChI is InChI=1S/C20H29N3O2S/c1-4-21-20(23-13-16(2)18-9-12-26-15-18)22-10-11-25-14-17-7-5-6-8-19(17)24-3/h5-9,12,15-16H,4,10-11,13-14H2,1-3H3,(H2,21,22,23). The van der Waals surface area contributed by atoms with Crippen molar-refractivity contribution in [3.8, 4) is 5.75 Å². The summed E-state index contributed by atoms with van der Waals surface area (Å²) in [6.07, 6.45) is 0. The van der Waals surface area contributed by atoms with Gasteiger partial charge in [-0.3, -0.25) is 4.99 Å². The number of nitrogens with zero attached hydrogens (tertiary/aromatic N) is 1. The van der Waals surface area contributed by atoms with E-state index >= 15 is 0 Å².